The highest BCUT2D eigenvalue weighted by Gasteiger charge is 2.61. The predicted octanol–water partition coefficient (Wildman–Crippen LogP) is 4.56. The molecule has 3 aliphatic carbocycles. The van der Waals surface area contributed by atoms with Crippen molar-refractivity contribution < 1.29 is 24.9 Å². The minimum atomic E-state index is -0.721. The van der Waals surface area contributed by atoms with Gasteiger partial charge in [0.05, 0.1) is 18.3 Å². The number of hydrogen-bond acceptors (Lipinski definition) is 5. The topological polar surface area (TPSA) is 87.0 Å². The van der Waals surface area contributed by atoms with Crippen LogP contribution in [0.25, 0.3) is 0 Å². The molecule has 1 aliphatic heterocycles. The van der Waals surface area contributed by atoms with Gasteiger partial charge in [0.1, 0.15) is 6.10 Å². The van der Waals surface area contributed by atoms with E-state index in [0.29, 0.717) is 42.4 Å². The van der Waals surface area contributed by atoms with Crippen LogP contribution in [0.5, 0.6) is 0 Å². The summed E-state index contributed by atoms with van der Waals surface area (Å²) in [6.45, 7) is 13.1. The molecule has 12 atom stereocenters. The van der Waals surface area contributed by atoms with E-state index in [1.807, 2.05) is 6.92 Å². The maximum atomic E-state index is 12.9. The Bertz CT molecular complexity index is 723. The first-order chi connectivity index (χ1) is 15.4. The SMILES string of the molecule is CC(C)[C@@H](C)[C@@H](O)[C@H](O)[C@@H](C)[C@H]1CC[C@H]2[C@@H]3CC(=O)O[C@H]4C[C@H](O)CC[C@]4(C)[C@H]3CC[C@]12C. The number of aliphatic hydroxyl groups excluding tert-OH is 3. The quantitative estimate of drug-likeness (QED) is 0.519. The molecule has 4 rings (SSSR count). The van der Waals surface area contributed by atoms with E-state index in [-0.39, 0.29) is 40.8 Å². The van der Waals surface area contributed by atoms with E-state index in [4.69, 9.17) is 4.74 Å². The minimum Gasteiger partial charge on any atom is -0.462 e. The smallest absolute Gasteiger partial charge is 0.306 e. The van der Waals surface area contributed by atoms with Crippen molar-refractivity contribution in [2.75, 3.05) is 0 Å². The van der Waals surface area contributed by atoms with Gasteiger partial charge >= 0.3 is 5.97 Å². The third-order valence-electron chi connectivity index (χ3n) is 11.4. The summed E-state index contributed by atoms with van der Waals surface area (Å²) in [5.74, 6) is 1.88. The molecular formula is C28H48O5. The zero-order valence-electron chi connectivity index (χ0n) is 21.7. The lowest BCUT2D eigenvalue weighted by atomic mass is 9.49. The first-order valence-electron chi connectivity index (χ1n) is 13.6. The highest BCUT2D eigenvalue weighted by atomic mass is 16.5. The van der Waals surface area contributed by atoms with E-state index in [0.717, 1.165) is 38.5 Å². The second kappa shape index (κ2) is 9.09. The summed E-state index contributed by atoms with van der Waals surface area (Å²) in [6.07, 6.45) is 5.17. The average Bonchev–Trinajstić information content (AvgIpc) is 3.06. The van der Waals surface area contributed by atoms with E-state index < -0.39 is 12.2 Å². The van der Waals surface area contributed by atoms with Gasteiger partial charge in [-0.05, 0) is 85.4 Å². The van der Waals surface area contributed by atoms with Gasteiger partial charge in [-0.25, -0.2) is 0 Å². The molecule has 3 saturated carbocycles. The molecule has 1 saturated heterocycles. The Hall–Kier alpha value is -0.650. The van der Waals surface area contributed by atoms with E-state index in [1.54, 1.807) is 0 Å². The van der Waals surface area contributed by atoms with E-state index in [9.17, 15) is 20.1 Å². The molecule has 0 aromatic carbocycles. The maximum absolute atomic E-state index is 12.9. The minimum absolute atomic E-state index is 0.0265. The molecule has 4 fully saturated rings. The summed E-state index contributed by atoms with van der Waals surface area (Å²) in [4.78, 5) is 12.9. The van der Waals surface area contributed by atoms with Crippen molar-refractivity contribution >= 4 is 5.97 Å². The van der Waals surface area contributed by atoms with Crippen molar-refractivity contribution in [3.05, 3.63) is 0 Å². The molecule has 4 aliphatic rings. The van der Waals surface area contributed by atoms with Crippen LogP contribution < -0.4 is 0 Å². The number of rotatable bonds is 5. The average molecular weight is 465 g/mol. The Labute approximate surface area is 200 Å². The van der Waals surface area contributed by atoms with Crippen molar-refractivity contribution in [3.63, 3.8) is 0 Å². The predicted molar refractivity (Wildman–Crippen MR) is 128 cm³/mol. The summed E-state index contributed by atoms with van der Waals surface area (Å²) in [5, 5.41) is 32.3. The first-order valence-corrected chi connectivity index (χ1v) is 13.6. The van der Waals surface area contributed by atoms with Crippen LogP contribution in [0.3, 0.4) is 0 Å². The summed E-state index contributed by atoms with van der Waals surface area (Å²) in [5.41, 5.74) is 0.0243. The molecule has 0 spiro atoms. The molecule has 5 heteroatoms. The third-order valence-corrected chi connectivity index (χ3v) is 11.4. The van der Waals surface area contributed by atoms with Crippen molar-refractivity contribution in [1.82, 2.24) is 0 Å². The molecule has 0 aromatic rings. The number of ether oxygens (including phenoxy) is 1. The molecule has 0 amide bonds. The standard InChI is InChI=1S/C28H48O5/c1-15(2)16(3)25(31)26(32)17(4)20-7-8-21-19-14-24(30)33-23-13-18(29)9-11-28(23,6)22(19)10-12-27(20,21)5/h15-23,25-26,29,31-32H,7-14H2,1-6H3/t16-,17+,18-,19+,20-,21+,22+,23+,25-,26-,27-,28-/m1/s1. The van der Waals surface area contributed by atoms with Crippen molar-refractivity contribution in [2.45, 2.75) is 117 Å². The second-order valence-electron chi connectivity index (χ2n) is 13.2. The van der Waals surface area contributed by atoms with Crippen LogP contribution >= 0.6 is 0 Å². The highest BCUT2D eigenvalue weighted by Crippen LogP contribution is 2.66. The second-order valence-corrected chi connectivity index (χ2v) is 13.2. The molecule has 0 bridgehead atoms. The van der Waals surface area contributed by atoms with Gasteiger partial charge < -0.3 is 20.1 Å². The van der Waals surface area contributed by atoms with Gasteiger partial charge in [0, 0.05) is 18.3 Å². The molecule has 0 unspecified atom stereocenters. The summed E-state index contributed by atoms with van der Waals surface area (Å²) in [6, 6.07) is 0. The number of esters is 1. The maximum Gasteiger partial charge on any atom is 0.306 e. The Kier molecular flexibility index (Phi) is 7.01. The van der Waals surface area contributed by atoms with Crippen LogP contribution in [-0.4, -0.2) is 45.7 Å². The normalized spacial score (nSPS) is 46.9. The number of aliphatic hydroxyl groups is 3. The fourth-order valence-corrected chi connectivity index (χ4v) is 8.83. The fourth-order valence-electron chi connectivity index (χ4n) is 8.83. The Morgan fingerprint density at radius 2 is 1.55 bits per heavy atom. The number of hydrogen-bond donors (Lipinski definition) is 3. The number of carbonyl (C=O) groups is 1. The van der Waals surface area contributed by atoms with Gasteiger partial charge in [0.2, 0.25) is 0 Å². The van der Waals surface area contributed by atoms with Crippen LogP contribution in [0.4, 0.5) is 0 Å². The highest BCUT2D eigenvalue weighted by molar-refractivity contribution is 5.70. The Morgan fingerprint density at radius 1 is 0.909 bits per heavy atom. The zero-order valence-corrected chi connectivity index (χ0v) is 21.7. The van der Waals surface area contributed by atoms with Crippen LogP contribution in [-0.2, 0) is 9.53 Å². The Balaban J connectivity index is 1.57. The summed E-state index contributed by atoms with van der Waals surface area (Å²) in [7, 11) is 0. The van der Waals surface area contributed by atoms with E-state index in [2.05, 4.69) is 34.6 Å². The molecule has 5 nitrogen and oxygen atoms in total. The molecule has 1 heterocycles. The molecule has 0 aromatic heterocycles. The van der Waals surface area contributed by atoms with Crippen LogP contribution in [0, 0.1) is 52.3 Å². The molecule has 0 radical (unpaired) electrons. The molecule has 190 valence electrons. The zero-order chi connectivity index (χ0) is 24.3. The van der Waals surface area contributed by atoms with Gasteiger partial charge in [0.15, 0.2) is 0 Å². The molecule has 33 heavy (non-hydrogen) atoms. The van der Waals surface area contributed by atoms with Crippen LogP contribution in [0.2, 0.25) is 0 Å². The summed E-state index contributed by atoms with van der Waals surface area (Å²) < 4.78 is 5.98. The molecular weight excluding hydrogens is 416 g/mol. The van der Waals surface area contributed by atoms with Gasteiger partial charge in [-0.15, -0.1) is 0 Å². The lowest BCUT2D eigenvalue weighted by Gasteiger charge is -2.55. The van der Waals surface area contributed by atoms with Gasteiger partial charge in [-0.1, -0.05) is 41.5 Å². The lowest BCUT2D eigenvalue weighted by molar-refractivity contribution is -0.162. The van der Waals surface area contributed by atoms with E-state index in [1.165, 1.54) is 0 Å². The van der Waals surface area contributed by atoms with Gasteiger partial charge in [-0.3, -0.25) is 4.79 Å². The van der Waals surface area contributed by atoms with Crippen molar-refractivity contribution in [3.8, 4) is 0 Å². The lowest BCUT2D eigenvalue weighted by Crippen LogP contribution is -2.53. The molecule has 3 N–H and O–H groups in total. The first kappa shape index (κ1) is 25.4. The van der Waals surface area contributed by atoms with E-state index >= 15 is 0 Å². The van der Waals surface area contributed by atoms with Crippen LogP contribution in [0.15, 0.2) is 0 Å². The van der Waals surface area contributed by atoms with Crippen LogP contribution in [0.1, 0.15) is 92.9 Å². The Morgan fingerprint density at radius 3 is 2.21 bits per heavy atom. The monoisotopic (exact) mass is 464 g/mol. The largest absolute Gasteiger partial charge is 0.462 e. The van der Waals surface area contributed by atoms with Gasteiger partial charge in [-0.2, -0.15) is 0 Å². The third kappa shape index (κ3) is 4.18. The van der Waals surface area contributed by atoms with Crippen molar-refractivity contribution in [2.24, 2.45) is 52.3 Å². The fraction of sp³-hybridized carbons (Fsp3) is 0.964. The van der Waals surface area contributed by atoms with Gasteiger partial charge in [0.25, 0.3) is 0 Å². The number of fused-ring (bicyclic) bond motifs is 5. The summed E-state index contributed by atoms with van der Waals surface area (Å²) >= 11 is 0. The van der Waals surface area contributed by atoms with Crippen molar-refractivity contribution in [1.29, 1.82) is 0 Å². The number of carbonyl (C=O) groups excluding carboxylic acids is 1.